The van der Waals surface area contributed by atoms with Gasteiger partial charge in [0.25, 0.3) is 11.5 Å². The van der Waals surface area contributed by atoms with E-state index < -0.39 is 0 Å². The van der Waals surface area contributed by atoms with Crippen LogP contribution in [0.2, 0.25) is 0 Å². The molecule has 2 aromatic carbocycles. The molecule has 152 valence electrons. The maximum absolute atomic E-state index is 12.4. The number of hydrogen-bond acceptors (Lipinski definition) is 6. The maximum Gasteiger partial charge on any atom is 0.275 e. The van der Waals surface area contributed by atoms with Crippen molar-refractivity contribution in [1.82, 2.24) is 19.9 Å². The number of aryl methyl sites for hydroxylation is 2. The van der Waals surface area contributed by atoms with E-state index in [0.29, 0.717) is 21.4 Å². The van der Waals surface area contributed by atoms with Gasteiger partial charge in [-0.25, -0.2) is 4.98 Å². The fourth-order valence-corrected chi connectivity index (χ4v) is 3.98. The van der Waals surface area contributed by atoms with E-state index in [1.54, 1.807) is 0 Å². The smallest absolute Gasteiger partial charge is 0.275 e. The molecule has 7 nitrogen and oxygen atoms in total. The zero-order chi connectivity index (χ0) is 21.1. The number of amides is 1. The van der Waals surface area contributed by atoms with Crippen LogP contribution >= 0.6 is 11.3 Å². The molecule has 0 saturated carbocycles. The minimum absolute atomic E-state index is 0.108. The standard InChI is InChI=1S/C22H20N4O3S/c1-14-8-15(2)10-18(9-14)29-13-19(27)23-12-17-11-20(28)26-22(24-17)30-21(25-26)16-6-4-3-5-7-16/h3-11H,12-13H2,1-2H3,(H,23,27). The molecular formula is C22H20N4O3S. The molecule has 0 atom stereocenters. The van der Waals surface area contributed by atoms with Crippen molar-refractivity contribution in [2.24, 2.45) is 0 Å². The van der Waals surface area contributed by atoms with Crippen LogP contribution in [0.15, 0.2) is 59.4 Å². The highest BCUT2D eigenvalue weighted by Gasteiger charge is 2.11. The van der Waals surface area contributed by atoms with E-state index in [2.05, 4.69) is 15.4 Å². The number of ether oxygens (including phenoxy) is 1. The molecule has 0 bridgehead atoms. The van der Waals surface area contributed by atoms with Gasteiger partial charge in [-0.05, 0) is 37.1 Å². The van der Waals surface area contributed by atoms with Crippen LogP contribution in [0.4, 0.5) is 0 Å². The van der Waals surface area contributed by atoms with Crippen molar-refractivity contribution in [3.63, 3.8) is 0 Å². The molecule has 1 amide bonds. The van der Waals surface area contributed by atoms with Gasteiger partial charge in [-0.3, -0.25) is 9.59 Å². The summed E-state index contributed by atoms with van der Waals surface area (Å²) in [6.45, 7) is 3.98. The quantitative estimate of drug-likeness (QED) is 0.518. The molecule has 0 radical (unpaired) electrons. The van der Waals surface area contributed by atoms with Gasteiger partial charge in [0.15, 0.2) is 6.61 Å². The number of aromatic nitrogens is 3. The van der Waals surface area contributed by atoms with Gasteiger partial charge >= 0.3 is 0 Å². The average molecular weight is 420 g/mol. The molecule has 0 aliphatic heterocycles. The molecule has 4 aromatic rings. The van der Waals surface area contributed by atoms with Gasteiger partial charge in [0.2, 0.25) is 4.96 Å². The molecule has 0 spiro atoms. The number of nitrogens with zero attached hydrogens (tertiary/aromatic N) is 3. The van der Waals surface area contributed by atoms with Crippen LogP contribution in [-0.2, 0) is 11.3 Å². The predicted octanol–water partition coefficient (Wildman–Crippen LogP) is 3.13. The summed E-state index contributed by atoms with van der Waals surface area (Å²) in [5.74, 6) is 0.365. The summed E-state index contributed by atoms with van der Waals surface area (Å²) in [4.78, 5) is 29.5. The normalized spacial score (nSPS) is 10.9. The summed E-state index contributed by atoms with van der Waals surface area (Å²) in [5, 5.41) is 7.80. The van der Waals surface area contributed by atoms with Gasteiger partial charge in [0, 0.05) is 11.6 Å². The molecular weight excluding hydrogens is 400 g/mol. The third kappa shape index (κ3) is 4.55. The number of benzene rings is 2. The lowest BCUT2D eigenvalue weighted by Gasteiger charge is -2.09. The lowest BCUT2D eigenvalue weighted by atomic mass is 10.1. The predicted molar refractivity (Wildman–Crippen MR) is 116 cm³/mol. The minimum atomic E-state index is -0.287. The first kappa shape index (κ1) is 19.8. The molecule has 1 N–H and O–H groups in total. The van der Waals surface area contributed by atoms with Gasteiger partial charge in [0.1, 0.15) is 10.8 Å². The maximum atomic E-state index is 12.4. The molecule has 2 heterocycles. The van der Waals surface area contributed by atoms with Crippen LogP contribution in [0.25, 0.3) is 15.5 Å². The van der Waals surface area contributed by atoms with Gasteiger partial charge in [0.05, 0.1) is 12.2 Å². The number of carbonyl (C=O) groups excluding carboxylic acids is 1. The molecule has 0 aliphatic rings. The van der Waals surface area contributed by atoms with Crippen molar-refractivity contribution in [2.45, 2.75) is 20.4 Å². The minimum Gasteiger partial charge on any atom is -0.484 e. The molecule has 4 rings (SSSR count). The van der Waals surface area contributed by atoms with Crippen LogP contribution in [0.1, 0.15) is 16.8 Å². The summed E-state index contributed by atoms with van der Waals surface area (Å²) >= 11 is 1.33. The summed E-state index contributed by atoms with van der Waals surface area (Å²) in [7, 11) is 0. The second kappa shape index (κ2) is 8.46. The van der Waals surface area contributed by atoms with Crippen molar-refractivity contribution in [3.8, 4) is 16.3 Å². The lowest BCUT2D eigenvalue weighted by molar-refractivity contribution is -0.123. The molecule has 0 saturated heterocycles. The molecule has 30 heavy (non-hydrogen) atoms. The number of rotatable bonds is 6. The Kier molecular flexibility index (Phi) is 5.58. The van der Waals surface area contributed by atoms with Crippen molar-refractivity contribution in [3.05, 3.63) is 81.8 Å². The van der Waals surface area contributed by atoms with E-state index >= 15 is 0 Å². The highest BCUT2D eigenvalue weighted by atomic mass is 32.1. The first-order valence-corrected chi connectivity index (χ1v) is 10.2. The Balaban J connectivity index is 1.42. The first-order chi connectivity index (χ1) is 14.5. The van der Waals surface area contributed by atoms with Gasteiger partial charge in [-0.15, -0.1) is 0 Å². The third-order valence-corrected chi connectivity index (χ3v) is 5.31. The first-order valence-electron chi connectivity index (χ1n) is 9.41. The van der Waals surface area contributed by atoms with Crippen molar-refractivity contribution in [1.29, 1.82) is 0 Å². The van der Waals surface area contributed by atoms with Gasteiger partial charge in [-0.1, -0.05) is 47.7 Å². The van der Waals surface area contributed by atoms with Gasteiger partial charge in [-0.2, -0.15) is 9.61 Å². The van der Waals surface area contributed by atoms with Crippen molar-refractivity contribution < 1.29 is 9.53 Å². The summed E-state index contributed by atoms with van der Waals surface area (Å²) in [6, 6.07) is 16.8. The molecule has 0 fully saturated rings. The monoisotopic (exact) mass is 420 g/mol. The summed E-state index contributed by atoms with van der Waals surface area (Å²) in [5.41, 5.74) is 3.26. The molecule has 8 heteroatoms. The van der Waals surface area contributed by atoms with Crippen molar-refractivity contribution >= 4 is 22.2 Å². The second-order valence-corrected chi connectivity index (χ2v) is 7.90. The van der Waals surface area contributed by atoms with Crippen LogP contribution in [-0.4, -0.2) is 27.1 Å². The average Bonchev–Trinajstić information content (AvgIpc) is 3.16. The van der Waals surface area contributed by atoms with E-state index in [-0.39, 0.29) is 24.6 Å². The Bertz CT molecular complexity index is 1240. The molecule has 0 unspecified atom stereocenters. The Labute approximate surface area is 177 Å². The molecule has 0 aliphatic carbocycles. The largest absolute Gasteiger partial charge is 0.484 e. The second-order valence-electron chi connectivity index (χ2n) is 6.94. The summed E-state index contributed by atoms with van der Waals surface area (Å²) in [6.07, 6.45) is 0. The van der Waals surface area contributed by atoms with Crippen LogP contribution in [0.3, 0.4) is 0 Å². The van der Waals surface area contributed by atoms with E-state index in [1.807, 2.05) is 62.4 Å². The number of carbonyl (C=O) groups is 1. The zero-order valence-electron chi connectivity index (χ0n) is 16.6. The number of nitrogens with one attached hydrogen (secondary N) is 1. The Morgan fingerprint density at radius 3 is 2.57 bits per heavy atom. The van der Waals surface area contributed by atoms with Crippen LogP contribution in [0.5, 0.6) is 5.75 Å². The Hall–Kier alpha value is -3.52. The van der Waals surface area contributed by atoms with E-state index in [1.165, 1.54) is 21.9 Å². The van der Waals surface area contributed by atoms with E-state index in [4.69, 9.17) is 4.74 Å². The Morgan fingerprint density at radius 1 is 1.10 bits per heavy atom. The highest BCUT2D eigenvalue weighted by molar-refractivity contribution is 7.19. The highest BCUT2D eigenvalue weighted by Crippen LogP contribution is 2.23. The Morgan fingerprint density at radius 2 is 1.83 bits per heavy atom. The van der Waals surface area contributed by atoms with Crippen molar-refractivity contribution in [2.75, 3.05) is 6.61 Å². The number of fused-ring (bicyclic) bond motifs is 1. The van der Waals surface area contributed by atoms with Crippen LogP contribution in [0, 0.1) is 13.8 Å². The topological polar surface area (TPSA) is 85.6 Å². The van der Waals surface area contributed by atoms with Crippen LogP contribution < -0.4 is 15.6 Å². The SMILES string of the molecule is Cc1cc(C)cc(OCC(=O)NCc2cc(=O)n3nc(-c4ccccc4)sc3n2)c1. The lowest BCUT2D eigenvalue weighted by Crippen LogP contribution is -2.29. The van der Waals surface area contributed by atoms with E-state index in [0.717, 1.165) is 16.7 Å². The fraction of sp³-hybridized carbons (Fsp3) is 0.182. The third-order valence-electron chi connectivity index (χ3n) is 4.35. The fourth-order valence-electron chi connectivity index (χ4n) is 3.05. The molecule has 2 aromatic heterocycles. The van der Waals surface area contributed by atoms with E-state index in [9.17, 15) is 9.59 Å². The summed E-state index contributed by atoms with van der Waals surface area (Å²) < 4.78 is 6.84. The zero-order valence-corrected chi connectivity index (χ0v) is 17.4. The number of hydrogen-bond donors (Lipinski definition) is 1. The van der Waals surface area contributed by atoms with Gasteiger partial charge < -0.3 is 10.1 Å².